The number of nitrogens with one attached hydrogen (secondary N) is 1. The molecular formula is C13H13BrN2O4. The second-order valence-corrected chi connectivity index (χ2v) is 4.88. The normalized spacial score (nSPS) is 10.4. The minimum Gasteiger partial charge on any atom is -0.493 e. The third kappa shape index (κ3) is 2.36. The molecule has 0 amide bonds. The summed E-state index contributed by atoms with van der Waals surface area (Å²) < 4.78 is 11.2. The number of ether oxygens (including phenoxy) is 2. The van der Waals surface area contributed by atoms with Crippen molar-refractivity contribution in [2.75, 3.05) is 14.2 Å². The Balaban J connectivity index is 2.64. The first-order valence-electron chi connectivity index (χ1n) is 5.69. The fourth-order valence-corrected chi connectivity index (χ4v) is 2.82. The zero-order valence-electron chi connectivity index (χ0n) is 11.2. The van der Waals surface area contributed by atoms with Crippen molar-refractivity contribution in [3.63, 3.8) is 0 Å². The van der Waals surface area contributed by atoms with Gasteiger partial charge in [-0.05, 0) is 40.5 Å². The lowest BCUT2D eigenvalue weighted by Crippen LogP contribution is -1.96. The second-order valence-electron chi connectivity index (χ2n) is 4.09. The van der Waals surface area contributed by atoms with Crippen LogP contribution in [0.15, 0.2) is 16.6 Å². The van der Waals surface area contributed by atoms with Gasteiger partial charge < -0.3 is 14.6 Å². The third-order valence-corrected chi connectivity index (χ3v) is 3.63. The summed E-state index contributed by atoms with van der Waals surface area (Å²) >= 11 is 3.46. The quantitative estimate of drug-likeness (QED) is 0.893. The predicted octanol–water partition coefficient (Wildman–Crippen LogP) is 2.86. The van der Waals surface area contributed by atoms with E-state index in [1.54, 1.807) is 7.11 Å². The number of carboxylic acid groups (broad SMARTS) is 1. The first-order valence-corrected chi connectivity index (χ1v) is 6.49. The average molecular weight is 341 g/mol. The highest BCUT2D eigenvalue weighted by Gasteiger charge is 2.20. The maximum absolute atomic E-state index is 10.9. The Hall–Kier alpha value is -2.02. The Bertz CT molecular complexity index is 667. The minimum atomic E-state index is -1.06. The number of hydrogen-bond donors (Lipinski definition) is 2. The third-order valence-electron chi connectivity index (χ3n) is 2.87. The molecule has 0 spiro atoms. The summed E-state index contributed by atoms with van der Waals surface area (Å²) in [6, 6.07) is 3.29. The van der Waals surface area contributed by atoms with Crippen molar-refractivity contribution in [3.05, 3.63) is 27.9 Å². The summed E-state index contributed by atoms with van der Waals surface area (Å²) in [6.07, 6.45) is 0. The number of aromatic amines is 1. The van der Waals surface area contributed by atoms with Gasteiger partial charge in [-0.2, -0.15) is 5.10 Å². The summed E-state index contributed by atoms with van der Waals surface area (Å²) in [7, 11) is 3.09. The summed E-state index contributed by atoms with van der Waals surface area (Å²) in [4.78, 5) is 10.9. The van der Waals surface area contributed by atoms with E-state index in [2.05, 4.69) is 26.1 Å². The molecule has 0 unspecified atom stereocenters. The zero-order chi connectivity index (χ0) is 14.9. The molecular weight excluding hydrogens is 328 g/mol. The molecule has 6 nitrogen and oxygen atoms in total. The lowest BCUT2D eigenvalue weighted by atomic mass is 10.0. The van der Waals surface area contributed by atoms with Crippen molar-refractivity contribution >= 4 is 21.9 Å². The fourth-order valence-electron chi connectivity index (χ4n) is 1.94. The molecule has 0 aliphatic rings. The molecule has 0 atom stereocenters. The molecule has 0 saturated carbocycles. The van der Waals surface area contributed by atoms with E-state index in [1.165, 1.54) is 13.2 Å². The van der Waals surface area contributed by atoms with Crippen molar-refractivity contribution in [2.45, 2.75) is 6.92 Å². The van der Waals surface area contributed by atoms with Crippen LogP contribution in [0.2, 0.25) is 0 Å². The van der Waals surface area contributed by atoms with Crippen molar-refractivity contribution in [1.29, 1.82) is 0 Å². The molecule has 0 saturated heterocycles. The average Bonchev–Trinajstić information content (AvgIpc) is 2.87. The summed E-state index contributed by atoms with van der Waals surface area (Å²) in [6.45, 7) is 1.89. The van der Waals surface area contributed by atoms with E-state index in [1.807, 2.05) is 13.0 Å². The number of hydrogen-bond acceptors (Lipinski definition) is 4. The number of rotatable bonds is 4. The van der Waals surface area contributed by atoms with Crippen LogP contribution in [-0.4, -0.2) is 35.5 Å². The van der Waals surface area contributed by atoms with E-state index in [0.717, 1.165) is 11.1 Å². The number of benzene rings is 1. The molecule has 0 fully saturated rings. The molecule has 2 aromatic rings. The van der Waals surface area contributed by atoms with Crippen LogP contribution in [0.3, 0.4) is 0 Å². The van der Waals surface area contributed by atoms with Gasteiger partial charge in [0.1, 0.15) is 5.69 Å². The Kier molecular flexibility index (Phi) is 3.99. The van der Waals surface area contributed by atoms with E-state index in [4.69, 9.17) is 14.6 Å². The van der Waals surface area contributed by atoms with Gasteiger partial charge in [0.15, 0.2) is 11.5 Å². The molecule has 1 aromatic heterocycles. The highest BCUT2D eigenvalue weighted by atomic mass is 79.9. The van der Waals surface area contributed by atoms with Gasteiger partial charge in [0.25, 0.3) is 0 Å². The first-order chi connectivity index (χ1) is 9.49. The SMILES string of the molecule is COc1cc(C)c(-c2cc(C(=O)O)[nH]n2)c(Br)c1OC. The molecule has 7 heteroatoms. The van der Waals surface area contributed by atoms with Gasteiger partial charge in [0.2, 0.25) is 0 Å². The maximum atomic E-state index is 10.9. The number of aryl methyl sites for hydroxylation is 1. The zero-order valence-corrected chi connectivity index (χ0v) is 12.7. The number of H-pyrrole nitrogens is 1. The number of aromatic carboxylic acids is 1. The molecule has 106 valence electrons. The van der Waals surface area contributed by atoms with Crippen LogP contribution in [-0.2, 0) is 0 Å². The number of methoxy groups -OCH3 is 2. The number of aromatic nitrogens is 2. The molecule has 2 N–H and O–H groups in total. The second kappa shape index (κ2) is 5.54. The van der Waals surface area contributed by atoms with Crippen molar-refractivity contribution in [2.24, 2.45) is 0 Å². The van der Waals surface area contributed by atoms with E-state index in [9.17, 15) is 4.79 Å². The van der Waals surface area contributed by atoms with Gasteiger partial charge in [-0.25, -0.2) is 4.79 Å². The van der Waals surface area contributed by atoms with Gasteiger partial charge in [-0.1, -0.05) is 0 Å². The number of carbonyl (C=O) groups is 1. The molecule has 20 heavy (non-hydrogen) atoms. The molecule has 1 heterocycles. The van der Waals surface area contributed by atoms with Gasteiger partial charge in [0, 0.05) is 5.56 Å². The van der Waals surface area contributed by atoms with E-state index in [0.29, 0.717) is 21.7 Å². The van der Waals surface area contributed by atoms with Gasteiger partial charge >= 0.3 is 5.97 Å². The fraction of sp³-hybridized carbons (Fsp3) is 0.231. The Labute approximate surface area is 123 Å². The van der Waals surface area contributed by atoms with Gasteiger partial charge in [-0.15, -0.1) is 0 Å². The summed E-state index contributed by atoms with van der Waals surface area (Å²) in [5, 5.41) is 15.4. The van der Waals surface area contributed by atoms with Gasteiger partial charge in [-0.3, -0.25) is 5.10 Å². The van der Waals surface area contributed by atoms with Crippen LogP contribution >= 0.6 is 15.9 Å². The standard InChI is InChI=1S/C13H13BrN2O4/c1-6-4-9(19-2)12(20-3)11(14)10(6)7-5-8(13(17)18)16-15-7/h4-5H,1-3H3,(H,15,16)(H,17,18). The Morgan fingerprint density at radius 2 is 2.05 bits per heavy atom. The molecule has 0 radical (unpaired) electrons. The number of nitrogens with zero attached hydrogens (tertiary/aromatic N) is 1. The lowest BCUT2D eigenvalue weighted by molar-refractivity contribution is 0.0690. The molecule has 0 aliphatic heterocycles. The van der Waals surface area contributed by atoms with E-state index < -0.39 is 5.97 Å². The van der Waals surface area contributed by atoms with E-state index >= 15 is 0 Å². The van der Waals surface area contributed by atoms with Crippen molar-refractivity contribution < 1.29 is 19.4 Å². The smallest absolute Gasteiger partial charge is 0.353 e. The van der Waals surface area contributed by atoms with Crippen LogP contribution in [0.4, 0.5) is 0 Å². The minimum absolute atomic E-state index is 0.0288. The molecule has 1 aromatic carbocycles. The number of halogens is 1. The Morgan fingerprint density at radius 1 is 1.35 bits per heavy atom. The van der Waals surface area contributed by atoms with Crippen LogP contribution in [0.5, 0.6) is 11.5 Å². The van der Waals surface area contributed by atoms with Gasteiger partial charge in [0.05, 0.1) is 24.4 Å². The molecule has 0 bridgehead atoms. The predicted molar refractivity (Wildman–Crippen MR) is 76.5 cm³/mol. The first kappa shape index (κ1) is 14.4. The molecule has 2 rings (SSSR count). The highest BCUT2D eigenvalue weighted by Crippen LogP contribution is 2.43. The van der Waals surface area contributed by atoms with E-state index in [-0.39, 0.29) is 5.69 Å². The van der Waals surface area contributed by atoms with Crippen LogP contribution in [0, 0.1) is 6.92 Å². The van der Waals surface area contributed by atoms with Crippen LogP contribution < -0.4 is 9.47 Å². The maximum Gasteiger partial charge on any atom is 0.353 e. The Morgan fingerprint density at radius 3 is 2.55 bits per heavy atom. The van der Waals surface area contributed by atoms with Crippen molar-refractivity contribution in [3.8, 4) is 22.8 Å². The lowest BCUT2D eigenvalue weighted by Gasteiger charge is -2.14. The van der Waals surface area contributed by atoms with Crippen LogP contribution in [0.1, 0.15) is 16.1 Å². The summed E-state index contributed by atoms with van der Waals surface area (Å²) in [5.74, 6) is 0.0700. The largest absolute Gasteiger partial charge is 0.493 e. The monoisotopic (exact) mass is 340 g/mol. The highest BCUT2D eigenvalue weighted by molar-refractivity contribution is 9.10. The summed E-state index contributed by atoms with van der Waals surface area (Å²) in [5.41, 5.74) is 2.19. The molecule has 0 aliphatic carbocycles. The topological polar surface area (TPSA) is 84.4 Å². The van der Waals surface area contributed by atoms with Crippen LogP contribution in [0.25, 0.3) is 11.3 Å². The number of carboxylic acids is 1. The van der Waals surface area contributed by atoms with Crippen molar-refractivity contribution in [1.82, 2.24) is 10.2 Å².